The first-order valence-corrected chi connectivity index (χ1v) is 6.71. The summed E-state index contributed by atoms with van der Waals surface area (Å²) in [7, 11) is -3.31. The molecule has 2 rings (SSSR count). The molecule has 0 unspecified atom stereocenters. The van der Waals surface area contributed by atoms with Crippen LogP contribution in [-0.2, 0) is 9.84 Å². The molecule has 0 aliphatic heterocycles. The van der Waals surface area contributed by atoms with E-state index in [1.807, 2.05) is 0 Å². The summed E-state index contributed by atoms with van der Waals surface area (Å²) in [4.78, 5) is 0.296. The summed E-state index contributed by atoms with van der Waals surface area (Å²) >= 11 is 0. The Morgan fingerprint density at radius 1 is 1.27 bits per heavy atom. The molecule has 0 saturated heterocycles. The first-order valence-electron chi connectivity index (χ1n) is 5.05. The molecule has 1 saturated carbocycles. The van der Waals surface area contributed by atoms with Gasteiger partial charge in [0.1, 0.15) is 0 Å². The molecule has 4 heteroatoms. The Morgan fingerprint density at radius 3 is 2.40 bits per heavy atom. The van der Waals surface area contributed by atoms with Crippen molar-refractivity contribution in [2.24, 2.45) is 5.92 Å². The number of hydrogen-bond donors (Lipinski definition) is 1. The molecule has 1 fully saturated rings. The SMILES string of the molecule is O=S(=O)(C[C@H](O)C1CC1)c1ccccc1. The second kappa shape index (κ2) is 3.94. The van der Waals surface area contributed by atoms with E-state index >= 15 is 0 Å². The van der Waals surface area contributed by atoms with E-state index in [0.717, 1.165) is 12.8 Å². The zero-order valence-corrected chi connectivity index (χ0v) is 9.15. The highest BCUT2D eigenvalue weighted by molar-refractivity contribution is 7.91. The largest absolute Gasteiger partial charge is 0.392 e. The molecular formula is C11H14O3S. The second-order valence-electron chi connectivity index (χ2n) is 4.00. The minimum Gasteiger partial charge on any atom is -0.392 e. The average molecular weight is 226 g/mol. The first kappa shape index (κ1) is 10.6. The Kier molecular flexibility index (Phi) is 2.80. The quantitative estimate of drug-likeness (QED) is 0.840. The molecule has 0 spiro atoms. The van der Waals surface area contributed by atoms with Gasteiger partial charge in [0.2, 0.25) is 0 Å². The van der Waals surface area contributed by atoms with Crippen molar-refractivity contribution in [2.45, 2.75) is 23.8 Å². The number of rotatable bonds is 4. The maximum atomic E-state index is 11.8. The molecule has 3 nitrogen and oxygen atoms in total. The van der Waals surface area contributed by atoms with Gasteiger partial charge in [0.15, 0.2) is 9.84 Å². The molecular weight excluding hydrogens is 212 g/mol. The Hall–Kier alpha value is -0.870. The van der Waals surface area contributed by atoms with E-state index < -0.39 is 15.9 Å². The van der Waals surface area contributed by atoms with Crippen LogP contribution < -0.4 is 0 Å². The normalized spacial score (nSPS) is 18.7. The Morgan fingerprint density at radius 2 is 1.87 bits per heavy atom. The van der Waals surface area contributed by atoms with Gasteiger partial charge in [-0.1, -0.05) is 18.2 Å². The van der Waals surface area contributed by atoms with Crippen LogP contribution in [0.2, 0.25) is 0 Å². The van der Waals surface area contributed by atoms with Crippen LogP contribution >= 0.6 is 0 Å². The Balaban J connectivity index is 2.13. The highest BCUT2D eigenvalue weighted by Gasteiger charge is 2.33. The van der Waals surface area contributed by atoms with Gasteiger partial charge in [0, 0.05) is 0 Å². The van der Waals surface area contributed by atoms with E-state index in [0.29, 0.717) is 4.90 Å². The molecule has 82 valence electrons. The monoisotopic (exact) mass is 226 g/mol. The highest BCUT2D eigenvalue weighted by atomic mass is 32.2. The minimum absolute atomic E-state index is 0.151. The molecule has 0 heterocycles. The standard InChI is InChI=1S/C11H14O3S/c12-11(9-6-7-9)8-15(13,14)10-4-2-1-3-5-10/h1-5,9,11-12H,6-8H2/t11-/m0/s1. The van der Waals surface area contributed by atoms with Gasteiger partial charge in [-0.2, -0.15) is 0 Å². The molecule has 0 radical (unpaired) electrons. The van der Waals surface area contributed by atoms with Crippen molar-refractivity contribution in [3.8, 4) is 0 Å². The van der Waals surface area contributed by atoms with E-state index in [1.165, 1.54) is 0 Å². The smallest absolute Gasteiger partial charge is 0.180 e. The number of aliphatic hydroxyl groups excluding tert-OH is 1. The third-order valence-corrected chi connectivity index (χ3v) is 4.43. The Labute approximate surface area is 89.7 Å². The number of aliphatic hydroxyl groups is 1. The van der Waals surface area contributed by atoms with Crippen LogP contribution in [0, 0.1) is 5.92 Å². The summed E-state index contributed by atoms with van der Waals surface area (Å²) in [5, 5.41) is 9.61. The van der Waals surface area contributed by atoms with Gasteiger partial charge >= 0.3 is 0 Å². The maximum Gasteiger partial charge on any atom is 0.180 e. The summed E-state index contributed by atoms with van der Waals surface area (Å²) in [5.74, 6) is 0.0466. The van der Waals surface area contributed by atoms with Crippen molar-refractivity contribution in [3.05, 3.63) is 30.3 Å². The molecule has 1 N–H and O–H groups in total. The van der Waals surface area contributed by atoms with Gasteiger partial charge in [-0.25, -0.2) is 8.42 Å². The van der Waals surface area contributed by atoms with E-state index in [-0.39, 0.29) is 11.7 Å². The Bertz CT molecular complexity index is 420. The summed E-state index contributed by atoms with van der Waals surface area (Å²) in [6, 6.07) is 8.28. The summed E-state index contributed by atoms with van der Waals surface area (Å²) in [6.45, 7) is 0. The van der Waals surface area contributed by atoms with E-state index in [4.69, 9.17) is 0 Å². The topological polar surface area (TPSA) is 54.4 Å². The number of hydrogen-bond acceptors (Lipinski definition) is 3. The molecule has 0 amide bonds. The lowest BCUT2D eigenvalue weighted by molar-refractivity contribution is 0.174. The average Bonchev–Trinajstić information content (AvgIpc) is 3.01. The van der Waals surface area contributed by atoms with Crippen molar-refractivity contribution >= 4 is 9.84 Å². The molecule has 1 aliphatic rings. The van der Waals surface area contributed by atoms with Gasteiger partial charge in [0.25, 0.3) is 0 Å². The maximum absolute atomic E-state index is 11.8. The van der Waals surface area contributed by atoms with Crippen LogP contribution in [0.3, 0.4) is 0 Å². The molecule has 0 aromatic heterocycles. The van der Waals surface area contributed by atoms with Crippen LogP contribution in [0.4, 0.5) is 0 Å². The fourth-order valence-corrected chi connectivity index (χ4v) is 3.05. The van der Waals surface area contributed by atoms with Crippen molar-refractivity contribution in [2.75, 3.05) is 5.75 Å². The lowest BCUT2D eigenvalue weighted by Gasteiger charge is -2.09. The van der Waals surface area contributed by atoms with Gasteiger partial charge in [-0.3, -0.25) is 0 Å². The molecule has 0 bridgehead atoms. The van der Waals surface area contributed by atoms with Crippen LogP contribution in [-0.4, -0.2) is 25.4 Å². The van der Waals surface area contributed by atoms with Crippen LogP contribution in [0.25, 0.3) is 0 Å². The summed E-state index contributed by atoms with van der Waals surface area (Å²) in [5.41, 5.74) is 0. The zero-order chi connectivity index (χ0) is 10.9. The van der Waals surface area contributed by atoms with Crippen molar-refractivity contribution < 1.29 is 13.5 Å². The molecule has 1 aromatic carbocycles. The van der Waals surface area contributed by atoms with Crippen molar-refractivity contribution in [3.63, 3.8) is 0 Å². The van der Waals surface area contributed by atoms with E-state index in [1.54, 1.807) is 30.3 Å². The number of sulfone groups is 1. The minimum atomic E-state index is -3.31. The highest BCUT2D eigenvalue weighted by Crippen LogP contribution is 2.33. The third-order valence-electron chi connectivity index (χ3n) is 2.66. The fourth-order valence-electron chi connectivity index (χ4n) is 1.57. The lowest BCUT2D eigenvalue weighted by Crippen LogP contribution is -2.22. The van der Waals surface area contributed by atoms with Gasteiger partial charge < -0.3 is 5.11 Å². The zero-order valence-electron chi connectivity index (χ0n) is 8.33. The predicted octanol–water partition coefficient (Wildman–Crippen LogP) is 1.23. The van der Waals surface area contributed by atoms with Crippen molar-refractivity contribution in [1.82, 2.24) is 0 Å². The van der Waals surface area contributed by atoms with Crippen LogP contribution in [0.5, 0.6) is 0 Å². The molecule has 1 atom stereocenters. The van der Waals surface area contributed by atoms with Crippen LogP contribution in [0.15, 0.2) is 35.2 Å². The van der Waals surface area contributed by atoms with E-state index in [9.17, 15) is 13.5 Å². The lowest BCUT2D eigenvalue weighted by atomic mass is 10.3. The molecule has 15 heavy (non-hydrogen) atoms. The fraction of sp³-hybridized carbons (Fsp3) is 0.455. The van der Waals surface area contributed by atoms with Crippen molar-refractivity contribution in [1.29, 1.82) is 0 Å². The van der Waals surface area contributed by atoms with E-state index in [2.05, 4.69) is 0 Å². The predicted molar refractivity (Wildman–Crippen MR) is 57.2 cm³/mol. The van der Waals surface area contributed by atoms with Gasteiger partial charge in [-0.05, 0) is 30.9 Å². The van der Waals surface area contributed by atoms with Gasteiger partial charge in [-0.15, -0.1) is 0 Å². The number of benzene rings is 1. The molecule has 1 aromatic rings. The van der Waals surface area contributed by atoms with Gasteiger partial charge in [0.05, 0.1) is 16.8 Å². The van der Waals surface area contributed by atoms with Crippen LogP contribution in [0.1, 0.15) is 12.8 Å². The second-order valence-corrected chi connectivity index (χ2v) is 6.03. The summed E-state index contributed by atoms with van der Waals surface area (Å²) in [6.07, 6.45) is 1.20. The summed E-state index contributed by atoms with van der Waals surface area (Å²) < 4.78 is 23.6. The first-order chi connectivity index (χ1) is 7.09. The molecule has 1 aliphatic carbocycles. The third kappa shape index (κ3) is 2.58.